The Labute approximate surface area is 264 Å². The lowest BCUT2D eigenvalue weighted by molar-refractivity contribution is -0.131. The number of benzene rings is 2. The number of amides is 1. The van der Waals surface area contributed by atoms with Crippen LogP contribution in [-0.4, -0.2) is 38.5 Å². The van der Waals surface area contributed by atoms with Crippen LogP contribution in [0.4, 0.5) is 5.82 Å². The van der Waals surface area contributed by atoms with Crippen LogP contribution in [0.25, 0.3) is 11.1 Å². The second-order valence-electron chi connectivity index (χ2n) is 12.9. The molecule has 2 saturated carbocycles. The number of anilines is 1. The zero-order valence-electron chi connectivity index (χ0n) is 26.4. The number of ether oxygens (including phenoxy) is 1. The lowest BCUT2D eigenvalue weighted by Gasteiger charge is -2.24. The number of carbonyl (C=O) groups excluding carboxylic acids is 1. The van der Waals surface area contributed by atoms with Crippen molar-refractivity contribution < 1.29 is 18.6 Å². The van der Waals surface area contributed by atoms with Gasteiger partial charge in [0, 0.05) is 24.2 Å². The van der Waals surface area contributed by atoms with Crippen LogP contribution in [-0.2, 0) is 34.0 Å². The molecule has 0 bridgehead atoms. The lowest BCUT2D eigenvalue weighted by atomic mass is 9.95. The van der Waals surface area contributed by atoms with Gasteiger partial charge in [-0.1, -0.05) is 55.8 Å². The molecule has 2 heterocycles. The first kappa shape index (κ1) is 30.9. The number of aliphatic imine (C=N–C) groups is 1. The zero-order chi connectivity index (χ0) is 30.8. The van der Waals surface area contributed by atoms with Crippen molar-refractivity contribution >= 4 is 28.9 Å². The van der Waals surface area contributed by atoms with E-state index in [1.807, 2.05) is 43.0 Å². The standard InChI is InChI=1S/C35H44N4O4S/c1-5-6-11-32-36-35(17-16-23(2)19-35)34(40)39(32)20-27-14-15-29(28(18-27)22-42-21-26-12-13-26)30-9-7-8-10-31(30)44(41)38-33-24(3)25(4)43-37-33/h7-10,14-15,18,23,26H,5-6,11-13,16-17,19-22H2,1-4H3,(H,37,38). The summed E-state index contributed by atoms with van der Waals surface area (Å²) < 4.78 is 28.1. The Morgan fingerprint density at radius 3 is 2.68 bits per heavy atom. The number of aryl methyl sites for hydroxylation is 1. The highest BCUT2D eigenvalue weighted by molar-refractivity contribution is 7.92. The third-order valence-corrected chi connectivity index (χ3v) is 10.5. The van der Waals surface area contributed by atoms with Crippen molar-refractivity contribution in [3.8, 4) is 11.1 Å². The third-order valence-electron chi connectivity index (χ3n) is 9.33. The monoisotopic (exact) mass is 616 g/mol. The fourth-order valence-electron chi connectivity index (χ4n) is 6.41. The van der Waals surface area contributed by atoms with Gasteiger partial charge in [0.2, 0.25) is 5.82 Å². The molecular formula is C35H44N4O4S. The minimum absolute atomic E-state index is 0.161. The van der Waals surface area contributed by atoms with E-state index in [9.17, 15) is 9.35 Å². The van der Waals surface area contributed by atoms with Crippen molar-refractivity contribution in [3.63, 3.8) is 0 Å². The normalized spacial score (nSPS) is 22.2. The average molecular weight is 617 g/mol. The predicted molar refractivity (Wildman–Crippen MR) is 174 cm³/mol. The largest absolute Gasteiger partial charge is 0.588 e. The van der Waals surface area contributed by atoms with Gasteiger partial charge < -0.3 is 13.8 Å². The van der Waals surface area contributed by atoms with Gasteiger partial charge in [-0.05, 0) is 93.0 Å². The Morgan fingerprint density at radius 1 is 1.16 bits per heavy atom. The van der Waals surface area contributed by atoms with Gasteiger partial charge in [-0.2, -0.15) is 4.72 Å². The molecule has 1 aromatic heterocycles. The molecule has 44 heavy (non-hydrogen) atoms. The molecule has 1 aliphatic heterocycles. The van der Waals surface area contributed by atoms with Gasteiger partial charge in [0.15, 0.2) is 4.90 Å². The Bertz CT molecular complexity index is 1530. The van der Waals surface area contributed by atoms with E-state index in [0.29, 0.717) is 41.5 Å². The molecule has 2 aromatic carbocycles. The highest BCUT2D eigenvalue weighted by Crippen LogP contribution is 2.43. The molecule has 3 aliphatic rings. The molecule has 2 fully saturated rings. The van der Waals surface area contributed by atoms with E-state index in [0.717, 1.165) is 78.8 Å². The molecule has 234 valence electrons. The highest BCUT2D eigenvalue weighted by Gasteiger charge is 2.51. The van der Waals surface area contributed by atoms with Crippen LogP contribution in [0.3, 0.4) is 0 Å². The molecule has 9 heteroatoms. The molecular weight excluding hydrogens is 572 g/mol. The van der Waals surface area contributed by atoms with Crippen LogP contribution < -0.4 is 4.72 Å². The number of hydrogen-bond acceptors (Lipinski definition) is 7. The molecule has 0 saturated heterocycles. The summed E-state index contributed by atoms with van der Waals surface area (Å²) in [5.41, 5.74) is 4.16. The fourth-order valence-corrected chi connectivity index (χ4v) is 7.47. The van der Waals surface area contributed by atoms with E-state index < -0.39 is 16.9 Å². The van der Waals surface area contributed by atoms with Gasteiger partial charge in [0.25, 0.3) is 5.91 Å². The van der Waals surface area contributed by atoms with Crippen LogP contribution in [0.1, 0.15) is 87.7 Å². The van der Waals surface area contributed by atoms with Crippen LogP contribution in [0.5, 0.6) is 0 Å². The summed E-state index contributed by atoms with van der Waals surface area (Å²) in [6.07, 6.45) is 8.07. The lowest BCUT2D eigenvalue weighted by Crippen LogP contribution is -2.40. The molecule has 1 N–H and O–H groups in total. The number of unbranched alkanes of at least 4 members (excludes halogenated alkanes) is 1. The maximum Gasteiger partial charge on any atom is 0.256 e. The predicted octanol–water partition coefficient (Wildman–Crippen LogP) is 7.51. The minimum Gasteiger partial charge on any atom is -0.588 e. The summed E-state index contributed by atoms with van der Waals surface area (Å²) in [5.74, 6) is 3.42. The van der Waals surface area contributed by atoms with Gasteiger partial charge in [0.05, 0.1) is 13.2 Å². The number of hydrogen-bond donors (Lipinski definition) is 1. The number of carbonyl (C=O) groups is 1. The van der Waals surface area contributed by atoms with Gasteiger partial charge in [-0.3, -0.25) is 14.7 Å². The number of rotatable bonds is 13. The molecule has 6 rings (SSSR count). The fraction of sp³-hybridized carbons (Fsp3) is 0.514. The topological polar surface area (TPSA) is 103 Å². The number of aromatic nitrogens is 1. The number of amidine groups is 1. The quantitative estimate of drug-likeness (QED) is 0.199. The van der Waals surface area contributed by atoms with Crippen molar-refractivity contribution in [1.29, 1.82) is 0 Å². The Balaban J connectivity index is 1.30. The first-order chi connectivity index (χ1) is 21.3. The summed E-state index contributed by atoms with van der Waals surface area (Å²) in [5, 5.41) is 4.04. The van der Waals surface area contributed by atoms with E-state index in [4.69, 9.17) is 14.3 Å². The molecule has 0 radical (unpaired) electrons. The zero-order valence-corrected chi connectivity index (χ0v) is 27.2. The number of nitrogens with one attached hydrogen (secondary N) is 1. The molecule has 8 nitrogen and oxygen atoms in total. The van der Waals surface area contributed by atoms with Crippen molar-refractivity contribution in [3.05, 3.63) is 64.9 Å². The molecule has 3 atom stereocenters. The van der Waals surface area contributed by atoms with Gasteiger partial charge in [-0.15, -0.1) is 0 Å². The Morgan fingerprint density at radius 2 is 1.98 bits per heavy atom. The average Bonchev–Trinajstić information content (AvgIpc) is 3.63. The Kier molecular flexibility index (Phi) is 9.17. The van der Waals surface area contributed by atoms with Crippen molar-refractivity contribution in [2.45, 2.75) is 103 Å². The first-order valence-electron chi connectivity index (χ1n) is 16.1. The maximum absolute atomic E-state index is 13.9. The smallest absolute Gasteiger partial charge is 0.256 e. The molecule has 1 amide bonds. The highest BCUT2D eigenvalue weighted by atomic mass is 32.2. The van der Waals surface area contributed by atoms with E-state index in [2.05, 4.69) is 41.9 Å². The van der Waals surface area contributed by atoms with Crippen LogP contribution in [0.15, 0.2) is 56.9 Å². The summed E-state index contributed by atoms with van der Waals surface area (Å²) in [4.78, 5) is 21.6. The minimum atomic E-state index is -1.57. The van der Waals surface area contributed by atoms with Gasteiger partial charge in [-0.25, -0.2) is 0 Å². The van der Waals surface area contributed by atoms with Gasteiger partial charge >= 0.3 is 0 Å². The third kappa shape index (κ3) is 6.46. The van der Waals surface area contributed by atoms with E-state index >= 15 is 0 Å². The molecule has 1 spiro atoms. The molecule has 3 unspecified atom stereocenters. The van der Waals surface area contributed by atoms with E-state index in [1.165, 1.54) is 12.8 Å². The summed E-state index contributed by atoms with van der Waals surface area (Å²) in [6.45, 7) is 9.81. The summed E-state index contributed by atoms with van der Waals surface area (Å²) in [6, 6.07) is 14.1. The van der Waals surface area contributed by atoms with E-state index in [1.54, 1.807) is 0 Å². The summed E-state index contributed by atoms with van der Waals surface area (Å²) in [7, 11) is 0. The summed E-state index contributed by atoms with van der Waals surface area (Å²) >= 11 is -1.57. The second kappa shape index (κ2) is 13.1. The van der Waals surface area contributed by atoms with E-state index in [-0.39, 0.29) is 5.91 Å². The van der Waals surface area contributed by atoms with Crippen LogP contribution in [0.2, 0.25) is 0 Å². The molecule has 3 aromatic rings. The van der Waals surface area contributed by atoms with Crippen molar-refractivity contribution in [2.75, 3.05) is 11.3 Å². The van der Waals surface area contributed by atoms with Crippen molar-refractivity contribution in [1.82, 2.24) is 10.1 Å². The second-order valence-corrected chi connectivity index (χ2v) is 14.1. The maximum atomic E-state index is 13.9. The van der Waals surface area contributed by atoms with Crippen LogP contribution in [0, 0.1) is 25.7 Å². The SMILES string of the molecule is CCCCC1=NC2(CCC(C)C2)C(=O)N1Cc1ccc(-c2ccccc2[S+]([O-])Nc2noc(C)c2C)c(COCC2CC2)c1. The van der Waals surface area contributed by atoms with Crippen LogP contribution >= 0.6 is 0 Å². The molecule has 2 aliphatic carbocycles. The first-order valence-corrected chi connectivity index (χ1v) is 17.2. The number of nitrogens with zero attached hydrogens (tertiary/aromatic N) is 3. The Hall–Kier alpha value is -3.14. The van der Waals surface area contributed by atoms with Crippen molar-refractivity contribution in [2.24, 2.45) is 16.8 Å². The van der Waals surface area contributed by atoms with Gasteiger partial charge in [0.1, 0.15) is 28.5 Å².